The molecule has 0 bridgehead atoms. The van der Waals surface area contributed by atoms with E-state index >= 15 is 0 Å². The number of amides is 1. The molecule has 0 spiro atoms. The molecule has 0 aromatic carbocycles. The molecule has 152 valence electrons. The van der Waals surface area contributed by atoms with Gasteiger partial charge in [0.25, 0.3) is 5.91 Å². The first-order chi connectivity index (χ1) is 14.2. The Morgan fingerprint density at radius 3 is 2.79 bits per heavy atom. The molecule has 1 N–H and O–H groups in total. The summed E-state index contributed by atoms with van der Waals surface area (Å²) in [7, 11) is 1.96. The molecule has 1 amide bonds. The molecular weight excluding hydrogens is 388 g/mol. The highest BCUT2D eigenvalue weighted by atomic mass is 32.2. The molecule has 29 heavy (non-hydrogen) atoms. The number of piperidine rings is 1. The summed E-state index contributed by atoms with van der Waals surface area (Å²) in [6, 6.07) is 3.66. The number of aryl methyl sites for hydroxylation is 1. The molecule has 0 radical (unpaired) electrons. The van der Waals surface area contributed by atoms with E-state index in [4.69, 9.17) is 4.42 Å². The molecule has 2 aliphatic rings. The molecule has 1 aliphatic heterocycles. The minimum atomic E-state index is -0.0343. The molecule has 5 rings (SSSR count). The summed E-state index contributed by atoms with van der Waals surface area (Å²) in [5.74, 6) is 4.66. The van der Waals surface area contributed by atoms with Crippen molar-refractivity contribution in [1.29, 1.82) is 0 Å². The van der Waals surface area contributed by atoms with Gasteiger partial charge in [0.15, 0.2) is 16.7 Å². The van der Waals surface area contributed by atoms with Gasteiger partial charge in [-0.25, -0.2) is 9.97 Å². The minimum Gasteiger partial charge on any atom is -0.455 e. The van der Waals surface area contributed by atoms with Gasteiger partial charge in [0.2, 0.25) is 0 Å². The fraction of sp³-hybridized carbons (Fsp3) is 0.500. The largest absolute Gasteiger partial charge is 0.455 e. The van der Waals surface area contributed by atoms with Crippen molar-refractivity contribution in [3.05, 3.63) is 47.7 Å². The number of carbonyl (C=O) groups excluding carboxylic acids is 1. The average molecular weight is 413 g/mol. The van der Waals surface area contributed by atoms with Gasteiger partial charge in [-0.2, -0.15) is 5.10 Å². The lowest BCUT2D eigenvalue weighted by atomic mass is 9.96. The van der Waals surface area contributed by atoms with Crippen molar-refractivity contribution in [3.8, 4) is 0 Å². The Kier molecular flexibility index (Phi) is 4.91. The topological polar surface area (TPSA) is 92.8 Å². The van der Waals surface area contributed by atoms with E-state index in [9.17, 15) is 4.79 Å². The van der Waals surface area contributed by atoms with E-state index in [0.717, 1.165) is 35.4 Å². The van der Waals surface area contributed by atoms with Gasteiger partial charge in [-0.15, -0.1) is 0 Å². The van der Waals surface area contributed by atoms with Crippen LogP contribution in [-0.2, 0) is 12.8 Å². The van der Waals surface area contributed by atoms with Gasteiger partial charge in [0.05, 0.1) is 5.75 Å². The van der Waals surface area contributed by atoms with Gasteiger partial charge in [0.1, 0.15) is 11.6 Å². The normalized spacial score (nSPS) is 17.8. The predicted octanol–water partition coefficient (Wildman–Crippen LogP) is 3.32. The van der Waals surface area contributed by atoms with E-state index in [-0.39, 0.29) is 5.91 Å². The second-order valence-electron chi connectivity index (χ2n) is 7.79. The number of nitrogens with one attached hydrogen (secondary N) is 1. The molecule has 4 heterocycles. The van der Waals surface area contributed by atoms with Gasteiger partial charge in [-0.05, 0) is 37.8 Å². The number of nitrogens with zero attached hydrogens (tertiary/aromatic N) is 5. The van der Waals surface area contributed by atoms with Crippen molar-refractivity contribution in [2.75, 3.05) is 13.1 Å². The summed E-state index contributed by atoms with van der Waals surface area (Å²) in [5.41, 5.74) is 0. The number of H-pyrrole nitrogens is 1. The molecular formula is C20H24N6O2S. The summed E-state index contributed by atoms with van der Waals surface area (Å²) >= 11 is 1.59. The van der Waals surface area contributed by atoms with Crippen LogP contribution in [0.4, 0.5) is 0 Å². The van der Waals surface area contributed by atoms with Gasteiger partial charge in [0, 0.05) is 44.4 Å². The Balaban J connectivity index is 1.15. The number of likely N-dealkylation sites (tertiary alicyclic amines) is 1. The van der Waals surface area contributed by atoms with E-state index < -0.39 is 0 Å². The SMILES string of the molecule is Cn1ccnc1SCc1ccc(C(=O)N2CCC(c3nc(C4CC4)n[nH]3)CC2)o1. The van der Waals surface area contributed by atoms with Crippen LogP contribution in [0.15, 0.2) is 34.1 Å². The lowest BCUT2D eigenvalue weighted by Crippen LogP contribution is -2.38. The number of aromatic nitrogens is 5. The predicted molar refractivity (Wildman–Crippen MR) is 108 cm³/mol. The highest BCUT2D eigenvalue weighted by molar-refractivity contribution is 7.98. The summed E-state index contributed by atoms with van der Waals surface area (Å²) in [5, 5.41) is 8.40. The van der Waals surface area contributed by atoms with Crippen LogP contribution in [0.5, 0.6) is 0 Å². The molecule has 3 aromatic heterocycles. The number of thioether (sulfide) groups is 1. The smallest absolute Gasteiger partial charge is 0.289 e. The fourth-order valence-corrected chi connectivity index (χ4v) is 4.53. The lowest BCUT2D eigenvalue weighted by molar-refractivity contribution is 0.0677. The van der Waals surface area contributed by atoms with Crippen LogP contribution in [-0.4, -0.2) is 48.6 Å². The number of carbonyl (C=O) groups is 1. The third kappa shape index (κ3) is 3.96. The summed E-state index contributed by atoms with van der Waals surface area (Å²) in [6.07, 6.45) is 7.88. The van der Waals surface area contributed by atoms with Crippen molar-refractivity contribution in [1.82, 2.24) is 29.6 Å². The van der Waals surface area contributed by atoms with Gasteiger partial charge < -0.3 is 13.9 Å². The van der Waals surface area contributed by atoms with Crippen LogP contribution in [0.2, 0.25) is 0 Å². The standard InChI is InChI=1S/C20H24N6O2S/c1-25-11-8-21-20(25)29-12-15-4-5-16(28-15)19(27)26-9-6-14(7-10-26)18-22-17(23-24-18)13-2-3-13/h4-5,8,11,13-14H,2-3,6-7,9-10,12H2,1H3,(H,22,23,24). The van der Waals surface area contributed by atoms with Crippen molar-refractivity contribution in [2.45, 2.75) is 48.4 Å². The number of hydrogen-bond donors (Lipinski definition) is 1. The molecule has 1 saturated carbocycles. The maximum absolute atomic E-state index is 12.8. The maximum atomic E-state index is 12.8. The highest BCUT2D eigenvalue weighted by Crippen LogP contribution is 2.38. The van der Waals surface area contributed by atoms with Crippen LogP contribution < -0.4 is 0 Å². The van der Waals surface area contributed by atoms with Crippen molar-refractivity contribution >= 4 is 17.7 Å². The molecule has 3 aromatic rings. The highest BCUT2D eigenvalue weighted by Gasteiger charge is 2.31. The maximum Gasteiger partial charge on any atom is 0.289 e. The first-order valence-corrected chi connectivity index (χ1v) is 11.1. The number of rotatable bonds is 6. The zero-order valence-corrected chi connectivity index (χ0v) is 17.2. The molecule has 1 aliphatic carbocycles. The van der Waals surface area contributed by atoms with Crippen LogP contribution in [0.1, 0.15) is 65.5 Å². The van der Waals surface area contributed by atoms with E-state index in [0.29, 0.717) is 36.4 Å². The minimum absolute atomic E-state index is 0.0343. The van der Waals surface area contributed by atoms with Crippen LogP contribution in [0.25, 0.3) is 0 Å². The Hall–Kier alpha value is -2.55. The number of imidazole rings is 1. The number of hydrogen-bond acceptors (Lipinski definition) is 6. The van der Waals surface area contributed by atoms with Gasteiger partial charge >= 0.3 is 0 Å². The average Bonchev–Trinajstić information content (AvgIpc) is 3.13. The van der Waals surface area contributed by atoms with Crippen molar-refractivity contribution < 1.29 is 9.21 Å². The van der Waals surface area contributed by atoms with Crippen molar-refractivity contribution in [3.63, 3.8) is 0 Å². The van der Waals surface area contributed by atoms with Crippen molar-refractivity contribution in [2.24, 2.45) is 7.05 Å². The fourth-order valence-electron chi connectivity index (χ4n) is 3.70. The summed E-state index contributed by atoms with van der Waals surface area (Å²) < 4.78 is 7.77. The quantitative estimate of drug-likeness (QED) is 0.625. The molecule has 0 unspecified atom stereocenters. The second kappa shape index (κ2) is 7.70. The third-order valence-electron chi connectivity index (χ3n) is 5.62. The van der Waals surface area contributed by atoms with Gasteiger partial charge in [-0.1, -0.05) is 11.8 Å². The second-order valence-corrected chi connectivity index (χ2v) is 8.74. The first-order valence-electron chi connectivity index (χ1n) is 10.1. The summed E-state index contributed by atoms with van der Waals surface area (Å²) in [4.78, 5) is 23.7. The lowest BCUT2D eigenvalue weighted by Gasteiger charge is -2.30. The van der Waals surface area contributed by atoms with E-state index in [1.54, 1.807) is 24.0 Å². The molecule has 1 saturated heterocycles. The molecule has 9 heteroatoms. The summed E-state index contributed by atoms with van der Waals surface area (Å²) in [6.45, 7) is 1.42. The Morgan fingerprint density at radius 1 is 1.24 bits per heavy atom. The Bertz CT molecular complexity index is 996. The Morgan fingerprint density at radius 2 is 2.07 bits per heavy atom. The third-order valence-corrected chi connectivity index (χ3v) is 6.70. The zero-order valence-electron chi connectivity index (χ0n) is 16.4. The van der Waals surface area contributed by atoms with E-state index in [1.807, 2.05) is 28.8 Å². The van der Waals surface area contributed by atoms with Crippen LogP contribution in [0.3, 0.4) is 0 Å². The Labute approximate surface area is 173 Å². The molecule has 2 fully saturated rings. The zero-order chi connectivity index (χ0) is 19.8. The number of aromatic amines is 1. The van der Waals surface area contributed by atoms with E-state index in [1.165, 1.54) is 12.8 Å². The molecule has 8 nitrogen and oxygen atoms in total. The van der Waals surface area contributed by atoms with E-state index in [2.05, 4.69) is 20.2 Å². The van der Waals surface area contributed by atoms with Gasteiger partial charge in [-0.3, -0.25) is 9.89 Å². The monoisotopic (exact) mass is 412 g/mol. The first kappa shape index (κ1) is 18.5. The van der Waals surface area contributed by atoms with Crippen LogP contribution in [0, 0.1) is 0 Å². The van der Waals surface area contributed by atoms with Crippen LogP contribution >= 0.6 is 11.8 Å². The number of furan rings is 1. The molecule has 0 atom stereocenters.